The molecular weight excluding hydrogens is 608 g/mol. The third-order valence-electron chi connectivity index (χ3n) is 8.84. The zero-order chi connectivity index (χ0) is 33.0. The Balaban J connectivity index is 1.23. The molecule has 3 aliphatic rings. The molecule has 0 radical (unpaired) electrons. The van der Waals surface area contributed by atoms with Crippen molar-refractivity contribution in [1.29, 1.82) is 0 Å². The van der Waals surface area contributed by atoms with Gasteiger partial charge in [-0.3, -0.25) is 24.2 Å². The number of piperidine rings is 1. The van der Waals surface area contributed by atoms with Crippen LogP contribution in [0.4, 0.5) is 4.79 Å². The lowest BCUT2D eigenvalue weighted by Gasteiger charge is -2.35. The van der Waals surface area contributed by atoms with Crippen molar-refractivity contribution in [2.75, 3.05) is 26.6 Å². The van der Waals surface area contributed by atoms with E-state index in [1.54, 1.807) is 31.3 Å². The monoisotopic (exact) mass is 652 g/mol. The lowest BCUT2D eigenvalue weighted by molar-refractivity contribution is -0.158. The van der Waals surface area contributed by atoms with Gasteiger partial charge in [0.05, 0.1) is 25.8 Å². The minimum atomic E-state index is -1.33. The number of hydrogen-bond donors (Lipinski definition) is 1. The van der Waals surface area contributed by atoms with Crippen molar-refractivity contribution >= 4 is 31.9 Å². The SMILES string of the molecule is CC(c1ccc2c(c1)C(=O)N(C1CCC(=O)N(COCC[Si](C)(C)C)C1=O)C2)N(Cc1ccc(OC2CCOCC2)nc1)C(=O)O. The Bertz CT molecular complexity index is 1440. The number of hydrogen-bond acceptors (Lipinski definition) is 8. The third-order valence-corrected chi connectivity index (χ3v) is 10.5. The van der Waals surface area contributed by atoms with Crippen molar-refractivity contribution in [2.45, 2.75) is 89.6 Å². The van der Waals surface area contributed by atoms with Crippen LogP contribution >= 0.6 is 0 Å². The van der Waals surface area contributed by atoms with E-state index in [1.807, 2.05) is 12.1 Å². The Kier molecular flexibility index (Phi) is 10.4. The normalized spacial score (nSPS) is 19.7. The maximum atomic E-state index is 13.6. The van der Waals surface area contributed by atoms with Crippen molar-refractivity contribution in [2.24, 2.45) is 0 Å². The molecule has 2 saturated heterocycles. The average molecular weight is 653 g/mol. The van der Waals surface area contributed by atoms with E-state index >= 15 is 0 Å². The molecule has 13 heteroatoms. The van der Waals surface area contributed by atoms with Gasteiger partial charge in [-0.1, -0.05) is 37.8 Å². The molecule has 1 aromatic carbocycles. The van der Waals surface area contributed by atoms with Gasteiger partial charge in [0, 0.05) is 58.3 Å². The highest BCUT2D eigenvalue weighted by atomic mass is 28.3. The summed E-state index contributed by atoms with van der Waals surface area (Å²) in [4.78, 5) is 60.3. The summed E-state index contributed by atoms with van der Waals surface area (Å²) >= 11 is 0. The third kappa shape index (κ3) is 7.94. The molecule has 0 aliphatic carbocycles. The van der Waals surface area contributed by atoms with Crippen molar-refractivity contribution in [3.05, 3.63) is 58.8 Å². The number of aromatic nitrogens is 1. The first kappa shape index (κ1) is 33.5. The highest BCUT2D eigenvalue weighted by Gasteiger charge is 2.43. The van der Waals surface area contributed by atoms with Gasteiger partial charge in [0.2, 0.25) is 11.8 Å². The van der Waals surface area contributed by atoms with Crippen LogP contribution in [-0.2, 0) is 32.2 Å². The second-order valence-electron chi connectivity index (χ2n) is 13.4. The number of benzene rings is 1. The molecule has 0 bridgehead atoms. The van der Waals surface area contributed by atoms with Crippen LogP contribution in [0, 0.1) is 0 Å². The Morgan fingerprint density at radius 2 is 1.89 bits per heavy atom. The molecule has 4 amide bonds. The van der Waals surface area contributed by atoms with E-state index in [4.69, 9.17) is 14.2 Å². The van der Waals surface area contributed by atoms with E-state index in [0.29, 0.717) is 42.4 Å². The molecule has 0 spiro atoms. The molecule has 46 heavy (non-hydrogen) atoms. The fourth-order valence-electron chi connectivity index (χ4n) is 5.92. The van der Waals surface area contributed by atoms with Gasteiger partial charge in [0.25, 0.3) is 11.8 Å². The van der Waals surface area contributed by atoms with Gasteiger partial charge in [-0.2, -0.15) is 0 Å². The number of pyridine rings is 1. The van der Waals surface area contributed by atoms with Gasteiger partial charge in [-0.15, -0.1) is 0 Å². The van der Waals surface area contributed by atoms with E-state index in [0.717, 1.165) is 29.3 Å². The first-order chi connectivity index (χ1) is 21.9. The molecule has 1 N–H and O–H groups in total. The number of imide groups is 1. The van der Waals surface area contributed by atoms with Crippen LogP contribution in [0.3, 0.4) is 0 Å². The standard InChI is InChI=1S/C33H44N4O8Si/c1-22(35(33(41)42)19-23-5-9-29(34-18-23)45-26-11-13-43-14-12-26)24-6-7-25-20-36(31(39)27(25)17-24)28-8-10-30(38)37(32(28)40)21-44-15-16-46(2,3)4/h5-7,9,17-18,22,26,28H,8,10-16,19-21H2,1-4H3,(H,41,42). The van der Waals surface area contributed by atoms with Gasteiger partial charge < -0.3 is 24.2 Å². The molecule has 2 aromatic rings. The fraction of sp³-hybridized carbons (Fsp3) is 0.545. The minimum absolute atomic E-state index is 0.0531. The number of carboxylic acid groups (broad SMARTS) is 1. The largest absolute Gasteiger partial charge is 0.474 e. The van der Waals surface area contributed by atoms with Crippen LogP contribution in [-0.4, -0.2) is 95.4 Å². The molecule has 1 aromatic heterocycles. The quantitative estimate of drug-likeness (QED) is 0.197. The summed E-state index contributed by atoms with van der Waals surface area (Å²) in [6.45, 7) is 10.5. The first-order valence-corrected chi connectivity index (χ1v) is 19.7. The number of nitrogens with zero attached hydrogens (tertiary/aromatic N) is 4. The number of ether oxygens (including phenoxy) is 3. The smallest absolute Gasteiger partial charge is 0.408 e. The van der Waals surface area contributed by atoms with Gasteiger partial charge in [0.15, 0.2) is 0 Å². The van der Waals surface area contributed by atoms with Crippen molar-refractivity contribution in [3.8, 4) is 5.88 Å². The van der Waals surface area contributed by atoms with Gasteiger partial charge in [-0.05, 0) is 42.1 Å². The van der Waals surface area contributed by atoms with E-state index in [2.05, 4.69) is 24.6 Å². The number of rotatable bonds is 12. The van der Waals surface area contributed by atoms with Gasteiger partial charge in [-0.25, -0.2) is 9.78 Å². The zero-order valence-electron chi connectivity index (χ0n) is 27.1. The summed E-state index contributed by atoms with van der Waals surface area (Å²) in [6.07, 6.45) is 2.58. The molecule has 5 rings (SSSR count). The van der Waals surface area contributed by atoms with Crippen LogP contribution in [0.15, 0.2) is 36.5 Å². The van der Waals surface area contributed by atoms with Crippen molar-refractivity contribution in [1.82, 2.24) is 19.7 Å². The summed E-state index contributed by atoms with van der Waals surface area (Å²) in [7, 11) is -1.33. The van der Waals surface area contributed by atoms with E-state index < -0.39 is 32.2 Å². The second kappa shape index (κ2) is 14.3. The topological polar surface area (TPSA) is 139 Å². The minimum Gasteiger partial charge on any atom is -0.474 e. The molecule has 0 saturated carbocycles. The molecule has 2 atom stereocenters. The fourth-order valence-corrected chi connectivity index (χ4v) is 6.68. The number of carbonyl (C=O) groups is 4. The molecule has 12 nitrogen and oxygen atoms in total. The van der Waals surface area contributed by atoms with Gasteiger partial charge >= 0.3 is 6.09 Å². The lowest BCUT2D eigenvalue weighted by Crippen LogP contribution is -2.55. The van der Waals surface area contributed by atoms with Crippen LogP contribution < -0.4 is 4.74 Å². The Labute approximate surface area is 270 Å². The number of carbonyl (C=O) groups excluding carboxylic acids is 3. The maximum Gasteiger partial charge on any atom is 0.408 e. The highest BCUT2D eigenvalue weighted by Crippen LogP contribution is 2.32. The molecule has 2 unspecified atom stereocenters. The summed E-state index contributed by atoms with van der Waals surface area (Å²) in [5.74, 6) is -0.526. The molecule has 248 valence electrons. The summed E-state index contributed by atoms with van der Waals surface area (Å²) < 4.78 is 17.0. The summed E-state index contributed by atoms with van der Waals surface area (Å²) in [5, 5.41) is 10.1. The molecule has 4 heterocycles. The number of fused-ring (bicyclic) bond motifs is 1. The highest BCUT2D eigenvalue weighted by molar-refractivity contribution is 6.76. The predicted octanol–water partition coefficient (Wildman–Crippen LogP) is 4.67. The van der Waals surface area contributed by atoms with Crippen LogP contribution in [0.1, 0.15) is 65.7 Å². The van der Waals surface area contributed by atoms with Crippen molar-refractivity contribution < 1.29 is 38.5 Å². The predicted molar refractivity (Wildman–Crippen MR) is 171 cm³/mol. The average Bonchev–Trinajstić information content (AvgIpc) is 3.35. The van der Waals surface area contributed by atoms with E-state index in [1.165, 1.54) is 9.80 Å². The van der Waals surface area contributed by atoms with E-state index in [9.17, 15) is 24.3 Å². The number of amides is 4. The Hall–Kier alpha value is -3.81. The molecule has 2 fully saturated rings. The van der Waals surface area contributed by atoms with E-state index in [-0.39, 0.29) is 50.6 Å². The number of likely N-dealkylation sites (tertiary alicyclic amines) is 1. The van der Waals surface area contributed by atoms with Crippen LogP contribution in [0.2, 0.25) is 25.7 Å². The van der Waals surface area contributed by atoms with Crippen molar-refractivity contribution in [3.63, 3.8) is 0 Å². The van der Waals surface area contributed by atoms with Gasteiger partial charge in [0.1, 0.15) is 18.9 Å². The first-order valence-electron chi connectivity index (χ1n) is 16.0. The molecular formula is C33H44N4O8Si. The summed E-state index contributed by atoms with van der Waals surface area (Å²) in [5.41, 5.74) is 2.56. The molecule has 3 aliphatic heterocycles. The maximum absolute atomic E-state index is 13.6. The second-order valence-corrected chi connectivity index (χ2v) is 19.1. The van der Waals surface area contributed by atoms with Crippen LogP contribution in [0.25, 0.3) is 0 Å². The summed E-state index contributed by atoms with van der Waals surface area (Å²) in [6, 6.07) is 8.50. The zero-order valence-corrected chi connectivity index (χ0v) is 28.1. The van der Waals surface area contributed by atoms with Crippen LogP contribution in [0.5, 0.6) is 5.88 Å². The Morgan fingerprint density at radius 3 is 2.57 bits per heavy atom. The Morgan fingerprint density at radius 1 is 1.13 bits per heavy atom. The lowest BCUT2D eigenvalue weighted by atomic mass is 10.0.